The lowest BCUT2D eigenvalue weighted by Crippen LogP contribution is -2.44. The van der Waals surface area contributed by atoms with E-state index < -0.39 is 0 Å². The summed E-state index contributed by atoms with van der Waals surface area (Å²) in [6.45, 7) is 0.153. The Balaban J connectivity index is 3.24. The molecule has 0 aromatic rings. The number of thiocarbonyl (C=S) groups is 2. The molecule has 11 heavy (non-hydrogen) atoms. The van der Waals surface area contributed by atoms with Gasteiger partial charge in [-0.3, -0.25) is 0 Å². The Bertz CT molecular complexity index is 151. The Morgan fingerprint density at radius 3 is 2.36 bits per heavy atom. The van der Waals surface area contributed by atoms with Crippen molar-refractivity contribution >= 4 is 34.7 Å². The van der Waals surface area contributed by atoms with E-state index in [0.29, 0.717) is 11.8 Å². The first-order valence-corrected chi connectivity index (χ1v) is 3.64. The molecule has 0 radical (unpaired) electrons. The molecule has 0 bridgehead atoms. The Morgan fingerprint density at radius 1 is 1.27 bits per heavy atom. The van der Waals surface area contributed by atoms with Crippen molar-refractivity contribution in [3.63, 3.8) is 0 Å². The standard InChI is InChI=1S/C4H10N4OS2/c5-3(10)6-1-7-4(11)8-2-9/h9H,1-2H2,(H3,5,6,10)(H2,7,8,11). The van der Waals surface area contributed by atoms with Gasteiger partial charge in [0.05, 0.1) is 6.67 Å². The van der Waals surface area contributed by atoms with Crippen molar-refractivity contribution in [2.75, 3.05) is 13.4 Å². The topological polar surface area (TPSA) is 82.3 Å². The van der Waals surface area contributed by atoms with Gasteiger partial charge in [0.15, 0.2) is 10.2 Å². The average molecular weight is 194 g/mol. The summed E-state index contributed by atoms with van der Waals surface area (Å²) < 4.78 is 0. The molecule has 0 fully saturated rings. The van der Waals surface area contributed by atoms with E-state index in [0.717, 1.165) is 0 Å². The molecule has 7 heteroatoms. The summed E-state index contributed by atoms with van der Waals surface area (Å²) in [5, 5.41) is 16.7. The average Bonchev–Trinajstić information content (AvgIpc) is 1.87. The third kappa shape index (κ3) is 7.23. The lowest BCUT2D eigenvalue weighted by molar-refractivity contribution is 0.285. The molecule has 0 amide bonds. The molecule has 0 atom stereocenters. The first kappa shape index (κ1) is 10.3. The van der Waals surface area contributed by atoms with Crippen LogP contribution in [0.2, 0.25) is 0 Å². The molecule has 64 valence electrons. The SMILES string of the molecule is NC(=S)NCNC(=S)NCO. The highest BCUT2D eigenvalue weighted by molar-refractivity contribution is 7.80. The number of hydrogen-bond acceptors (Lipinski definition) is 3. The predicted molar refractivity (Wildman–Crippen MR) is 50.7 cm³/mol. The van der Waals surface area contributed by atoms with Crippen LogP contribution in [0.25, 0.3) is 0 Å². The zero-order valence-electron chi connectivity index (χ0n) is 5.76. The number of hydrogen-bond donors (Lipinski definition) is 5. The van der Waals surface area contributed by atoms with Crippen LogP contribution in [0.1, 0.15) is 0 Å². The van der Waals surface area contributed by atoms with Gasteiger partial charge in [-0.25, -0.2) is 0 Å². The minimum absolute atomic E-state index is 0.196. The molecule has 0 aromatic heterocycles. The van der Waals surface area contributed by atoms with Crippen LogP contribution in [0, 0.1) is 0 Å². The summed E-state index contributed by atoms with van der Waals surface area (Å²) in [7, 11) is 0. The Hall–Kier alpha value is -0.660. The molecule has 5 nitrogen and oxygen atoms in total. The molecule has 0 saturated carbocycles. The second kappa shape index (κ2) is 6.08. The summed E-state index contributed by atoms with van der Waals surface area (Å²) in [6.07, 6.45) is 0. The van der Waals surface area contributed by atoms with Crippen molar-refractivity contribution in [1.29, 1.82) is 0 Å². The molecule has 0 saturated heterocycles. The van der Waals surface area contributed by atoms with Gasteiger partial charge in [0, 0.05) is 0 Å². The van der Waals surface area contributed by atoms with Crippen molar-refractivity contribution in [1.82, 2.24) is 16.0 Å². The van der Waals surface area contributed by atoms with Crippen molar-refractivity contribution < 1.29 is 5.11 Å². The molecular formula is C4H10N4OS2. The van der Waals surface area contributed by atoms with E-state index >= 15 is 0 Å². The van der Waals surface area contributed by atoms with Crippen LogP contribution in [-0.4, -0.2) is 28.7 Å². The van der Waals surface area contributed by atoms with Gasteiger partial charge in [0.1, 0.15) is 6.73 Å². The second-order valence-electron chi connectivity index (χ2n) is 1.56. The molecule has 6 N–H and O–H groups in total. The van der Waals surface area contributed by atoms with Crippen LogP contribution in [0.3, 0.4) is 0 Å². The fourth-order valence-corrected chi connectivity index (χ4v) is 0.555. The van der Waals surface area contributed by atoms with Crippen molar-refractivity contribution in [2.24, 2.45) is 5.73 Å². The van der Waals surface area contributed by atoms with Gasteiger partial charge in [-0.1, -0.05) is 0 Å². The maximum absolute atomic E-state index is 8.34. The van der Waals surface area contributed by atoms with E-state index in [1.807, 2.05) is 0 Å². The van der Waals surface area contributed by atoms with Crippen LogP contribution >= 0.6 is 24.4 Å². The Kier molecular flexibility index (Phi) is 5.71. The van der Waals surface area contributed by atoms with E-state index in [1.165, 1.54) is 0 Å². The summed E-state index contributed by atoms with van der Waals surface area (Å²) in [4.78, 5) is 0. The first-order chi connectivity index (χ1) is 5.16. The van der Waals surface area contributed by atoms with Crippen molar-refractivity contribution in [3.05, 3.63) is 0 Å². The summed E-state index contributed by atoms with van der Waals surface area (Å²) >= 11 is 9.22. The molecule has 0 aromatic carbocycles. The maximum Gasteiger partial charge on any atom is 0.169 e. The van der Waals surface area contributed by atoms with Crippen molar-refractivity contribution in [2.45, 2.75) is 0 Å². The Morgan fingerprint density at radius 2 is 1.91 bits per heavy atom. The zero-order valence-corrected chi connectivity index (χ0v) is 7.39. The zero-order chi connectivity index (χ0) is 8.69. The number of rotatable bonds is 3. The van der Waals surface area contributed by atoms with E-state index in [4.69, 9.17) is 23.1 Å². The lowest BCUT2D eigenvalue weighted by Gasteiger charge is -2.08. The molecule has 0 aliphatic heterocycles. The van der Waals surface area contributed by atoms with Crippen molar-refractivity contribution in [3.8, 4) is 0 Å². The van der Waals surface area contributed by atoms with Gasteiger partial charge in [-0.05, 0) is 24.4 Å². The molecular weight excluding hydrogens is 184 g/mol. The molecule has 0 unspecified atom stereocenters. The quantitative estimate of drug-likeness (QED) is 0.268. The number of nitrogens with two attached hydrogens (primary N) is 1. The smallest absolute Gasteiger partial charge is 0.169 e. The van der Waals surface area contributed by atoms with Crippen LogP contribution in [0.5, 0.6) is 0 Å². The molecule has 0 aliphatic rings. The van der Waals surface area contributed by atoms with E-state index in [-0.39, 0.29) is 11.8 Å². The Labute approximate surface area is 75.3 Å². The highest BCUT2D eigenvalue weighted by Crippen LogP contribution is 1.62. The predicted octanol–water partition coefficient (Wildman–Crippen LogP) is -1.81. The highest BCUT2D eigenvalue weighted by atomic mass is 32.1. The summed E-state index contributed by atoms with van der Waals surface area (Å²) in [6, 6.07) is 0. The normalized spacial score (nSPS) is 8.45. The van der Waals surface area contributed by atoms with Gasteiger partial charge >= 0.3 is 0 Å². The third-order valence-corrected chi connectivity index (χ3v) is 1.18. The number of aliphatic hydroxyl groups excluding tert-OH is 1. The van der Waals surface area contributed by atoms with Gasteiger partial charge in [-0.2, -0.15) is 0 Å². The summed E-state index contributed by atoms with van der Waals surface area (Å²) in [5.41, 5.74) is 5.12. The molecule has 0 rings (SSSR count). The minimum atomic E-state index is -0.196. The lowest BCUT2D eigenvalue weighted by atomic mass is 10.9. The molecule has 0 spiro atoms. The van der Waals surface area contributed by atoms with Crippen LogP contribution in [-0.2, 0) is 0 Å². The van der Waals surface area contributed by atoms with E-state index in [9.17, 15) is 0 Å². The van der Waals surface area contributed by atoms with Gasteiger partial charge < -0.3 is 26.8 Å². The second-order valence-corrected chi connectivity index (χ2v) is 2.41. The first-order valence-electron chi connectivity index (χ1n) is 2.82. The monoisotopic (exact) mass is 194 g/mol. The van der Waals surface area contributed by atoms with E-state index in [2.05, 4.69) is 28.2 Å². The fourth-order valence-electron chi connectivity index (χ4n) is 0.346. The van der Waals surface area contributed by atoms with Gasteiger partial charge in [-0.15, -0.1) is 0 Å². The van der Waals surface area contributed by atoms with Gasteiger partial charge in [0.25, 0.3) is 0 Å². The van der Waals surface area contributed by atoms with E-state index in [1.54, 1.807) is 0 Å². The van der Waals surface area contributed by atoms with Crippen LogP contribution in [0.4, 0.5) is 0 Å². The highest BCUT2D eigenvalue weighted by Gasteiger charge is 1.90. The fraction of sp³-hybridized carbons (Fsp3) is 0.500. The number of aliphatic hydroxyl groups is 1. The largest absolute Gasteiger partial charge is 0.377 e. The molecule has 0 heterocycles. The maximum atomic E-state index is 8.34. The summed E-state index contributed by atoms with van der Waals surface area (Å²) in [5.74, 6) is 0. The van der Waals surface area contributed by atoms with Crippen LogP contribution in [0.15, 0.2) is 0 Å². The number of nitrogens with one attached hydrogen (secondary N) is 3. The molecule has 0 aliphatic carbocycles. The minimum Gasteiger partial charge on any atom is -0.377 e. The van der Waals surface area contributed by atoms with Gasteiger partial charge in [0.2, 0.25) is 0 Å². The third-order valence-electron chi connectivity index (χ3n) is 0.751. The van der Waals surface area contributed by atoms with Crippen LogP contribution < -0.4 is 21.7 Å².